The van der Waals surface area contributed by atoms with Crippen molar-refractivity contribution < 1.29 is 9.90 Å². The first-order valence-corrected chi connectivity index (χ1v) is 8.70. The summed E-state index contributed by atoms with van der Waals surface area (Å²) in [6.45, 7) is 2.86. The minimum absolute atomic E-state index is 0.00712. The SMILES string of the molecule is Nc1nc(N2CCC[C@@]3(CCC(=O)N(CCO)C3)C2)cc2nncn12. The summed E-state index contributed by atoms with van der Waals surface area (Å²) in [4.78, 5) is 20.6. The zero-order chi connectivity index (χ0) is 17.4. The zero-order valence-corrected chi connectivity index (χ0v) is 14.1. The molecule has 0 aromatic carbocycles. The van der Waals surface area contributed by atoms with Gasteiger partial charge in [0, 0.05) is 44.1 Å². The normalized spacial score (nSPS) is 24.4. The average molecular weight is 345 g/mol. The van der Waals surface area contributed by atoms with Crippen LogP contribution in [0.25, 0.3) is 5.65 Å². The predicted octanol–water partition coefficient (Wildman–Crippen LogP) is -0.0922. The van der Waals surface area contributed by atoms with Crippen molar-refractivity contribution in [2.45, 2.75) is 25.7 Å². The Morgan fingerprint density at radius 2 is 2.20 bits per heavy atom. The first-order chi connectivity index (χ1) is 12.1. The monoisotopic (exact) mass is 345 g/mol. The lowest BCUT2D eigenvalue weighted by Crippen LogP contribution is -2.54. The molecule has 25 heavy (non-hydrogen) atoms. The number of anilines is 2. The Hall–Kier alpha value is -2.42. The number of hydrogen-bond donors (Lipinski definition) is 2. The van der Waals surface area contributed by atoms with Crippen LogP contribution in [0, 0.1) is 5.41 Å². The number of aromatic nitrogens is 4. The number of aliphatic hydroxyl groups is 1. The van der Waals surface area contributed by atoms with Crippen LogP contribution in [0.15, 0.2) is 12.4 Å². The molecule has 3 N–H and O–H groups in total. The smallest absolute Gasteiger partial charge is 0.222 e. The highest BCUT2D eigenvalue weighted by Crippen LogP contribution is 2.40. The van der Waals surface area contributed by atoms with E-state index in [1.54, 1.807) is 15.6 Å². The second kappa shape index (κ2) is 6.14. The van der Waals surface area contributed by atoms with Gasteiger partial charge in [-0.25, -0.2) is 0 Å². The fourth-order valence-electron chi connectivity index (χ4n) is 4.16. The van der Waals surface area contributed by atoms with Crippen LogP contribution in [0.1, 0.15) is 25.7 Å². The maximum absolute atomic E-state index is 12.1. The van der Waals surface area contributed by atoms with Gasteiger partial charge in [-0.2, -0.15) is 4.98 Å². The molecule has 4 rings (SSSR count). The van der Waals surface area contributed by atoms with Gasteiger partial charge >= 0.3 is 0 Å². The van der Waals surface area contributed by atoms with Gasteiger partial charge in [0.05, 0.1) is 6.61 Å². The summed E-state index contributed by atoms with van der Waals surface area (Å²) in [6, 6.07) is 1.90. The summed E-state index contributed by atoms with van der Waals surface area (Å²) in [5.41, 5.74) is 6.76. The number of likely N-dealkylation sites (tertiary alicyclic amines) is 1. The van der Waals surface area contributed by atoms with Gasteiger partial charge in [-0.05, 0) is 19.3 Å². The Labute approximate surface area is 145 Å². The number of carbonyl (C=O) groups excluding carboxylic acids is 1. The fraction of sp³-hybridized carbons (Fsp3) is 0.625. The number of carbonyl (C=O) groups is 1. The second-order valence-corrected chi connectivity index (χ2v) is 7.10. The quantitative estimate of drug-likeness (QED) is 0.799. The molecule has 2 aliphatic rings. The van der Waals surface area contributed by atoms with E-state index in [1.165, 1.54) is 0 Å². The lowest BCUT2D eigenvalue weighted by Gasteiger charge is -2.48. The van der Waals surface area contributed by atoms with Crippen LogP contribution in [0.3, 0.4) is 0 Å². The van der Waals surface area contributed by atoms with Crippen LogP contribution in [0.5, 0.6) is 0 Å². The van der Waals surface area contributed by atoms with Gasteiger partial charge in [-0.1, -0.05) is 0 Å². The molecule has 1 amide bonds. The molecule has 2 aromatic rings. The average Bonchev–Trinajstić information content (AvgIpc) is 3.08. The predicted molar refractivity (Wildman–Crippen MR) is 92.0 cm³/mol. The molecule has 2 aliphatic heterocycles. The van der Waals surface area contributed by atoms with Crippen molar-refractivity contribution in [2.24, 2.45) is 5.41 Å². The fourth-order valence-corrected chi connectivity index (χ4v) is 4.16. The van der Waals surface area contributed by atoms with Crippen LogP contribution in [0.4, 0.5) is 11.8 Å². The molecule has 0 radical (unpaired) electrons. The largest absolute Gasteiger partial charge is 0.395 e. The van der Waals surface area contributed by atoms with Gasteiger partial charge in [-0.3, -0.25) is 9.20 Å². The molecule has 4 heterocycles. The Kier molecular flexibility index (Phi) is 3.95. The van der Waals surface area contributed by atoms with Crippen LogP contribution in [-0.4, -0.2) is 68.3 Å². The van der Waals surface area contributed by atoms with Crippen molar-refractivity contribution in [1.82, 2.24) is 24.5 Å². The molecular formula is C16H23N7O2. The number of β-amino-alcohol motifs (C(OH)–C–C–N with tert-alkyl or cyclic N) is 1. The third-order valence-electron chi connectivity index (χ3n) is 5.41. The first kappa shape index (κ1) is 16.1. The number of nitrogens with two attached hydrogens (primary N) is 1. The van der Waals surface area contributed by atoms with Crippen molar-refractivity contribution in [3.05, 3.63) is 12.4 Å². The third-order valence-corrected chi connectivity index (χ3v) is 5.41. The Morgan fingerprint density at radius 1 is 1.32 bits per heavy atom. The molecule has 2 aromatic heterocycles. The number of piperidine rings is 2. The van der Waals surface area contributed by atoms with Gasteiger partial charge in [0.2, 0.25) is 11.9 Å². The van der Waals surface area contributed by atoms with E-state index >= 15 is 0 Å². The summed E-state index contributed by atoms with van der Waals surface area (Å²) in [5.74, 6) is 1.32. The number of rotatable bonds is 3. The van der Waals surface area contributed by atoms with E-state index in [1.807, 2.05) is 6.07 Å². The number of hydrogen-bond acceptors (Lipinski definition) is 7. The standard InChI is InChI=1S/C16H23N7O2/c17-15-19-12(8-13-20-18-11-23(13)15)21-5-1-3-16(9-21)4-2-14(25)22(10-16)6-7-24/h8,11,24H,1-7,9-10H2,(H2,17,19)/t16-/m1/s1. The van der Waals surface area contributed by atoms with E-state index in [-0.39, 0.29) is 17.9 Å². The van der Waals surface area contributed by atoms with Crippen LogP contribution in [0.2, 0.25) is 0 Å². The van der Waals surface area contributed by atoms with E-state index in [2.05, 4.69) is 20.1 Å². The van der Waals surface area contributed by atoms with Gasteiger partial charge < -0.3 is 20.6 Å². The van der Waals surface area contributed by atoms with Gasteiger partial charge in [0.25, 0.3) is 0 Å². The van der Waals surface area contributed by atoms with E-state index in [0.29, 0.717) is 31.1 Å². The Balaban J connectivity index is 1.58. The molecule has 0 saturated carbocycles. The molecule has 2 fully saturated rings. The minimum atomic E-state index is 0.00712. The molecule has 134 valence electrons. The van der Waals surface area contributed by atoms with E-state index in [4.69, 9.17) is 5.73 Å². The van der Waals surface area contributed by atoms with Crippen LogP contribution >= 0.6 is 0 Å². The van der Waals surface area contributed by atoms with Crippen LogP contribution in [-0.2, 0) is 4.79 Å². The lowest BCUT2D eigenvalue weighted by atomic mass is 9.73. The molecule has 0 aliphatic carbocycles. The Bertz CT molecular complexity index is 792. The van der Waals surface area contributed by atoms with Crippen molar-refractivity contribution in [3.63, 3.8) is 0 Å². The summed E-state index contributed by atoms with van der Waals surface area (Å²) in [7, 11) is 0. The van der Waals surface area contributed by atoms with Crippen molar-refractivity contribution >= 4 is 23.3 Å². The highest BCUT2D eigenvalue weighted by atomic mass is 16.3. The van der Waals surface area contributed by atoms with E-state index < -0.39 is 0 Å². The maximum Gasteiger partial charge on any atom is 0.222 e. The highest BCUT2D eigenvalue weighted by molar-refractivity contribution is 5.77. The summed E-state index contributed by atoms with van der Waals surface area (Å²) >= 11 is 0. The van der Waals surface area contributed by atoms with E-state index in [9.17, 15) is 9.90 Å². The van der Waals surface area contributed by atoms with Crippen molar-refractivity contribution in [2.75, 3.05) is 43.4 Å². The summed E-state index contributed by atoms with van der Waals surface area (Å²) in [5, 5.41) is 17.2. The molecule has 9 heteroatoms. The van der Waals surface area contributed by atoms with Gasteiger partial charge in [0.1, 0.15) is 12.1 Å². The number of amides is 1. The lowest BCUT2D eigenvalue weighted by molar-refractivity contribution is -0.138. The molecule has 1 spiro atoms. The van der Waals surface area contributed by atoms with Crippen LogP contribution < -0.4 is 10.6 Å². The molecular weight excluding hydrogens is 322 g/mol. The molecule has 9 nitrogen and oxygen atoms in total. The summed E-state index contributed by atoms with van der Waals surface area (Å²) in [6.07, 6.45) is 5.11. The number of nitrogen functional groups attached to an aromatic ring is 1. The van der Waals surface area contributed by atoms with Crippen molar-refractivity contribution in [3.8, 4) is 0 Å². The highest BCUT2D eigenvalue weighted by Gasteiger charge is 2.41. The summed E-state index contributed by atoms with van der Waals surface area (Å²) < 4.78 is 1.66. The third kappa shape index (κ3) is 2.88. The molecule has 0 unspecified atom stereocenters. The Morgan fingerprint density at radius 3 is 3.04 bits per heavy atom. The molecule has 2 saturated heterocycles. The van der Waals surface area contributed by atoms with Gasteiger partial charge in [0.15, 0.2) is 5.65 Å². The number of nitrogens with zero attached hydrogens (tertiary/aromatic N) is 6. The minimum Gasteiger partial charge on any atom is -0.395 e. The number of aliphatic hydroxyl groups excluding tert-OH is 1. The van der Waals surface area contributed by atoms with Gasteiger partial charge in [-0.15, -0.1) is 10.2 Å². The molecule has 0 bridgehead atoms. The molecule has 1 atom stereocenters. The topological polar surface area (TPSA) is 113 Å². The van der Waals surface area contributed by atoms with Crippen molar-refractivity contribution in [1.29, 1.82) is 0 Å². The number of fused-ring (bicyclic) bond motifs is 1. The first-order valence-electron chi connectivity index (χ1n) is 8.70. The zero-order valence-electron chi connectivity index (χ0n) is 14.1. The maximum atomic E-state index is 12.1. The van der Waals surface area contributed by atoms with E-state index in [0.717, 1.165) is 38.2 Å². The second-order valence-electron chi connectivity index (χ2n) is 7.10.